The summed E-state index contributed by atoms with van der Waals surface area (Å²) in [7, 11) is 0. The van der Waals surface area contributed by atoms with E-state index in [1.807, 2.05) is 12.1 Å². The molecule has 0 saturated heterocycles. The molecule has 1 aliphatic rings. The molecule has 2 atom stereocenters. The molecule has 94 valence electrons. The zero-order valence-corrected chi connectivity index (χ0v) is 10.5. The van der Waals surface area contributed by atoms with E-state index in [2.05, 4.69) is 5.32 Å². The summed E-state index contributed by atoms with van der Waals surface area (Å²) in [6.07, 6.45) is 2.78. The Morgan fingerprint density at radius 1 is 1.29 bits per heavy atom. The number of aliphatic hydroxyl groups excluding tert-OH is 1. The molecule has 0 spiro atoms. The summed E-state index contributed by atoms with van der Waals surface area (Å²) < 4.78 is 13.5. The highest BCUT2D eigenvalue weighted by atomic mass is 19.1. The Kier molecular flexibility index (Phi) is 3.79. The van der Waals surface area contributed by atoms with Gasteiger partial charge in [-0.3, -0.25) is 0 Å². The molecular weight excluding hydrogens is 217 g/mol. The van der Waals surface area contributed by atoms with Crippen LogP contribution in [0.3, 0.4) is 0 Å². The number of hydrogen-bond donors (Lipinski definition) is 2. The van der Waals surface area contributed by atoms with Crippen LogP contribution in [0.25, 0.3) is 0 Å². The average molecular weight is 237 g/mol. The van der Waals surface area contributed by atoms with Crippen LogP contribution in [0.2, 0.25) is 0 Å². The SMILES string of the molecule is Cc1cc(CN[C@H]2CCC[C@@H]2O)cc(C)c1F. The molecule has 0 amide bonds. The topological polar surface area (TPSA) is 32.3 Å². The smallest absolute Gasteiger partial charge is 0.129 e. The van der Waals surface area contributed by atoms with Gasteiger partial charge in [0.25, 0.3) is 0 Å². The van der Waals surface area contributed by atoms with Gasteiger partial charge in [-0.25, -0.2) is 4.39 Å². The average Bonchev–Trinajstić information content (AvgIpc) is 2.69. The van der Waals surface area contributed by atoms with Crippen LogP contribution in [0.4, 0.5) is 4.39 Å². The lowest BCUT2D eigenvalue weighted by Crippen LogP contribution is -2.35. The number of aryl methyl sites for hydroxylation is 2. The second-order valence-electron chi connectivity index (χ2n) is 5.03. The number of benzene rings is 1. The summed E-state index contributed by atoms with van der Waals surface area (Å²) in [5.41, 5.74) is 2.46. The van der Waals surface area contributed by atoms with Crippen molar-refractivity contribution >= 4 is 0 Å². The maximum Gasteiger partial charge on any atom is 0.129 e. The third kappa shape index (κ3) is 2.85. The fourth-order valence-corrected chi connectivity index (χ4v) is 2.57. The van der Waals surface area contributed by atoms with Crippen LogP contribution >= 0.6 is 0 Å². The zero-order valence-electron chi connectivity index (χ0n) is 10.5. The highest BCUT2D eigenvalue weighted by molar-refractivity contribution is 5.30. The molecule has 2 rings (SSSR count). The van der Waals surface area contributed by atoms with Crippen molar-refractivity contribution in [2.75, 3.05) is 0 Å². The van der Waals surface area contributed by atoms with Crippen molar-refractivity contribution in [1.29, 1.82) is 0 Å². The van der Waals surface area contributed by atoms with Gasteiger partial charge < -0.3 is 10.4 Å². The van der Waals surface area contributed by atoms with Crippen LogP contribution in [0, 0.1) is 19.7 Å². The van der Waals surface area contributed by atoms with Crippen molar-refractivity contribution < 1.29 is 9.50 Å². The Labute approximate surface area is 102 Å². The fourth-order valence-electron chi connectivity index (χ4n) is 2.57. The van der Waals surface area contributed by atoms with Crippen LogP contribution in [0.1, 0.15) is 36.0 Å². The summed E-state index contributed by atoms with van der Waals surface area (Å²) >= 11 is 0. The highest BCUT2D eigenvalue weighted by Crippen LogP contribution is 2.20. The maximum atomic E-state index is 13.5. The number of aliphatic hydroxyl groups is 1. The molecule has 3 heteroatoms. The van der Waals surface area contributed by atoms with E-state index in [1.54, 1.807) is 13.8 Å². The molecule has 0 unspecified atom stereocenters. The summed E-state index contributed by atoms with van der Waals surface area (Å²) in [6, 6.07) is 3.94. The third-order valence-electron chi connectivity index (χ3n) is 3.54. The first-order valence-corrected chi connectivity index (χ1v) is 6.25. The number of nitrogens with one attached hydrogen (secondary N) is 1. The second-order valence-corrected chi connectivity index (χ2v) is 5.03. The van der Waals surface area contributed by atoms with E-state index in [9.17, 15) is 9.50 Å². The second kappa shape index (κ2) is 5.15. The van der Waals surface area contributed by atoms with Crippen molar-refractivity contribution in [2.45, 2.75) is 51.8 Å². The van der Waals surface area contributed by atoms with E-state index in [4.69, 9.17) is 0 Å². The molecule has 2 nitrogen and oxygen atoms in total. The number of rotatable bonds is 3. The summed E-state index contributed by atoms with van der Waals surface area (Å²) in [4.78, 5) is 0. The lowest BCUT2D eigenvalue weighted by Gasteiger charge is -2.17. The zero-order chi connectivity index (χ0) is 12.4. The normalized spacial score (nSPS) is 24.2. The molecule has 0 radical (unpaired) electrons. The molecule has 0 aromatic heterocycles. The molecule has 0 aliphatic heterocycles. The van der Waals surface area contributed by atoms with Gasteiger partial charge >= 0.3 is 0 Å². The molecular formula is C14H20FNO. The molecule has 1 aromatic rings. The van der Waals surface area contributed by atoms with Crippen molar-refractivity contribution in [3.05, 3.63) is 34.6 Å². The monoisotopic (exact) mass is 237 g/mol. The Morgan fingerprint density at radius 3 is 2.47 bits per heavy atom. The minimum Gasteiger partial charge on any atom is -0.392 e. The molecule has 1 fully saturated rings. The summed E-state index contributed by atoms with van der Waals surface area (Å²) in [5.74, 6) is -0.116. The third-order valence-corrected chi connectivity index (χ3v) is 3.54. The molecule has 0 heterocycles. The Bertz CT molecular complexity index is 382. The van der Waals surface area contributed by atoms with Crippen LogP contribution in [0.5, 0.6) is 0 Å². The number of hydrogen-bond acceptors (Lipinski definition) is 2. The largest absolute Gasteiger partial charge is 0.392 e. The van der Waals surface area contributed by atoms with Gasteiger partial charge in [-0.1, -0.05) is 12.1 Å². The predicted octanol–water partition coefficient (Wildman–Crippen LogP) is 2.45. The van der Waals surface area contributed by atoms with Gasteiger partial charge in [0.15, 0.2) is 0 Å². The molecule has 1 aliphatic carbocycles. The van der Waals surface area contributed by atoms with Gasteiger partial charge in [0, 0.05) is 12.6 Å². The standard InChI is InChI=1S/C14H20FNO/c1-9-6-11(7-10(2)14(9)15)8-16-12-4-3-5-13(12)17/h6-7,12-13,16-17H,3-5,8H2,1-2H3/t12-,13-/m0/s1. The van der Waals surface area contributed by atoms with Gasteiger partial charge in [0.05, 0.1) is 6.10 Å². The molecule has 2 N–H and O–H groups in total. The fraction of sp³-hybridized carbons (Fsp3) is 0.571. The van der Waals surface area contributed by atoms with Gasteiger partial charge in [0.2, 0.25) is 0 Å². The number of halogens is 1. The lowest BCUT2D eigenvalue weighted by atomic mass is 10.1. The lowest BCUT2D eigenvalue weighted by molar-refractivity contribution is 0.148. The molecule has 17 heavy (non-hydrogen) atoms. The first-order chi connectivity index (χ1) is 8.08. The van der Waals surface area contributed by atoms with E-state index in [-0.39, 0.29) is 18.0 Å². The van der Waals surface area contributed by atoms with Crippen LogP contribution < -0.4 is 5.32 Å². The van der Waals surface area contributed by atoms with E-state index in [0.717, 1.165) is 24.8 Å². The minimum atomic E-state index is -0.224. The Balaban J connectivity index is 1.99. The van der Waals surface area contributed by atoms with Gasteiger partial charge in [-0.15, -0.1) is 0 Å². The van der Waals surface area contributed by atoms with Crippen LogP contribution in [0.15, 0.2) is 12.1 Å². The van der Waals surface area contributed by atoms with Crippen molar-refractivity contribution in [2.24, 2.45) is 0 Å². The maximum absolute atomic E-state index is 13.5. The Morgan fingerprint density at radius 2 is 1.94 bits per heavy atom. The predicted molar refractivity (Wildman–Crippen MR) is 66.4 cm³/mol. The highest BCUT2D eigenvalue weighted by Gasteiger charge is 2.24. The van der Waals surface area contributed by atoms with E-state index in [0.29, 0.717) is 17.7 Å². The summed E-state index contributed by atoms with van der Waals surface area (Å²) in [6.45, 7) is 4.27. The van der Waals surface area contributed by atoms with Gasteiger partial charge in [-0.2, -0.15) is 0 Å². The van der Waals surface area contributed by atoms with Crippen LogP contribution in [-0.2, 0) is 6.54 Å². The molecule has 1 saturated carbocycles. The molecule has 0 bridgehead atoms. The van der Waals surface area contributed by atoms with E-state index in [1.165, 1.54) is 0 Å². The van der Waals surface area contributed by atoms with Crippen LogP contribution in [-0.4, -0.2) is 17.3 Å². The van der Waals surface area contributed by atoms with Crippen molar-refractivity contribution in [3.8, 4) is 0 Å². The van der Waals surface area contributed by atoms with Crippen molar-refractivity contribution in [1.82, 2.24) is 5.32 Å². The van der Waals surface area contributed by atoms with Gasteiger partial charge in [0.1, 0.15) is 5.82 Å². The van der Waals surface area contributed by atoms with Gasteiger partial charge in [-0.05, 0) is 49.8 Å². The molecule has 1 aromatic carbocycles. The quantitative estimate of drug-likeness (QED) is 0.846. The summed E-state index contributed by atoms with van der Waals surface area (Å²) in [5, 5.41) is 13.0. The van der Waals surface area contributed by atoms with E-state index < -0.39 is 0 Å². The minimum absolute atomic E-state index is 0.116. The first kappa shape index (κ1) is 12.5. The Hall–Kier alpha value is -0.930. The van der Waals surface area contributed by atoms with Crippen molar-refractivity contribution in [3.63, 3.8) is 0 Å². The first-order valence-electron chi connectivity index (χ1n) is 6.25. The van der Waals surface area contributed by atoms with E-state index >= 15 is 0 Å².